The molecule has 532 valence electrons. The van der Waals surface area contributed by atoms with Crippen LogP contribution in [-0.4, -0.2) is 15.1 Å². The molecular formula is C88H164N2O. The summed E-state index contributed by atoms with van der Waals surface area (Å²) in [6, 6.07) is 56.8. The predicted molar refractivity (Wildman–Crippen MR) is 436 cm³/mol. The molecule has 3 nitrogen and oxygen atoms in total. The highest BCUT2D eigenvalue weighted by Gasteiger charge is 2.17. The first-order chi connectivity index (χ1) is 36.6. The number of rotatable bonds is 14. The van der Waals surface area contributed by atoms with Crippen molar-refractivity contribution in [1.29, 1.82) is 0 Å². The monoisotopic (exact) mass is 1270 g/mol. The van der Waals surface area contributed by atoms with E-state index in [1.807, 2.05) is 42.9 Å². The Hall–Kier alpha value is -5.80. The molecule has 0 bridgehead atoms. The van der Waals surface area contributed by atoms with Crippen molar-refractivity contribution in [1.82, 2.24) is 9.97 Å². The smallest absolute Gasteiger partial charge is 0.115 e. The van der Waals surface area contributed by atoms with Gasteiger partial charge in [-0.05, 0) is 174 Å². The summed E-state index contributed by atoms with van der Waals surface area (Å²) in [5, 5.41) is 9.01. The number of pyridine rings is 2. The van der Waals surface area contributed by atoms with Gasteiger partial charge in [0.1, 0.15) is 5.75 Å². The summed E-state index contributed by atoms with van der Waals surface area (Å²) in [6.45, 7) is 42.3. The molecule has 0 amide bonds. The van der Waals surface area contributed by atoms with Gasteiger partial charge in [0, 0.05) is 24.3 Å². The Labute approximate surface area is 577 Å². The Morgan fingerprint density at radius 2 is 0.615 bits per heavy atom. The van der Waals surface area contributed by atoms with Crippen molar-refractivity contribution in [3.8, 4) is 5.75 Å². The Kier molecular flexibility index (Phi) is 87.9. The summed E-state index contributed by atoms with van der Waals surface area (Å²) in [6.07, 6.45) is 13.9. The highest BCUT2D eigenvalue weighted by molar-refractivity contribution is 5.30. The van der Waals surface area contributed by atoms with E-state index in [9.17, 15) is 0 Å². The lowest BCUT2D eigenvalue weighted by Gasteiger charge is -2.22. The Morgan fingerprint density at radius 3 is 0.923 bits per heavy atom. The van der Waals surface area contributed by atoms with Crippen LogP contribution in [0, 0.1) is 6.92 Å². The van der Waals surface area contributed by atoms with E-state index in [1.54, 1.807) is 12.1 Å². The van der Waals surface area contributed by atoms with Crippen molar-refractivity contribution in [3.05, 3.63) is 233 Å². The lowest BCUT2D eigenvalue weighted by Crippen LogP contribution is -2.14. The van der Waals surface area contributed by atoms with Crippen molar-refractivity contribution in [2.24, 2.45) is 0 Å². The van der Waals surface area contributed by atoms with Gasteiger partial charge in [0.15, 0.2) is 0 Å². The van der Waals surface area contributed by atoms with Crippen LogP contribution in [0.4, 0.5) is 0 Å². The average molecular weight is 1270 g/mol. The Balaban J connectivity index is -0.0000000619. The van der Waals surface area contributed by atoms with Crippen molar-refractivity contribution in [2.75, 3.05) is 0 Å². The van der Waals surface area contributed by atoms with Gasteiger partial charge >= 0.3 is 0 Å². The van der Waals surface area contributed by atoms with Crippen LogP contribution in [0.3, 0.4) is 0 Å². The van der Waals surface area contributed by atoms with E-state index in [0.29, 0.717) is 46.7 Å². The number of nitrogens with zero attached hydrogens (tertiary/aromatic N) is 2. The molecule has 91 heavy (non-hydrogen) atoms. The number of hydrogen-bond acceptors (Lipinski definition) is 3. The summed E-state index contributed by atoms with van der Waals surface area (Å²) in [4.78, 5) is 8.21. The molecule has 0 fully saturated rings. The van der Waals surface area contributed by atoms with Gasteiger partial charge in [-0.3, -0.25) is 9.97 Å². The quantitative estimate of drug-likeness (QED) is 0.118. The van der Waals surface area contributed by atoms with Gasteiger partial charge in [-0.25, -0.2) is 0 Å². The zero-order valence-corrected chi connectivity index (χ0v) is 52.1. The molecule has 0 spiro atoms. The molecule has 2 aromatic heterocycles. The second-order valence-corrected chi connectivity index (χ2v) is 22.8. The van der Waals surface area contributed by atoms with Crippen LogP contribution in [0.2, 0.25) is 0 Å². The van der Waals surface area contributed by atoms with E-state index < -0.39 is 0 Å². The van der Waals surface area contributed by atoms with E-state index >= 15 is 0 Å². The summed E-state index contributed by atoms with van der Waals surface area (Å²) >= 11 is 0. The molecule has 6 unspecified atom stereocenters. The molecule has 0 aliphatic rings. The number of aromatic hydroxyl groups is 1. The zero-order chi connectivity index (χ0) is 57.8. The lowest BCUT2D eigenvalue weighted by atomic mass is 9.82. The number of hydrogen-bond donors (Lipinski definition) is 1. The number of phenolic OH excluding ortho intramolecular Hbond substituents is 1. The normalized spacial score (nSPS) is 11.0. The molecule has 1 N–H and O–H groups in total. The topological polar surface area (TPSA) is 46.0 Å². The molecule has 0 saturated heterocycles. The summed E-state index contributed by atoms with van der Waals surface area (Å²) < 4.78 is 0. The van der Waals surface area contributed by atoms with Gasteiger partial charge in [0.2, 0.25) is 0 Å². The first-order valence-electron chi connectivity index (χ1n) is 29.5. The van der Waals surface area contributed by atoms with Crippen LogP contribution in [0.1, 0.15) is 359 Å². The minimum atomic E-state index is 0. The van der Waals surface area contributed by atoms with Gasteiger partial charge in [-0.15, -0.1) is 0 Å². The van der Waals surface area contributed by atoms with Crippen LogP contribution >= 0.6 is 0 Å². The largest absolute Gasteiger partial charge is 0.508 e. The summed E-state index contributed by atoms with van der Waals surface area (Å²) in [5.41, 5.74) is 13.1. The van der Waals surface area contributed by atoms with Crippen LogP contribution in [0.5, 0.6) is 5.75 Å². The van der Waals surface area contributed by atoms with Gasteiger partial charge in [-0.1, -0.05) is 362 Å². The third-order valence-corrected chi connectivity index (χ3v) is 15.4. The van der Waals surface area contributed by atoms with Crippen LogP contribution < -0.4 is 0 Å². The van der Waals surface area contributed by atoms with E-state index in [-0.39, 0.29) is 109 Å². The first kappa shape index (κ1) is 119. The van der Waals surface area contributed by atoms with Crippen LogP contribution in [-0.2, 0) is 10.8 Å². The second kappa shape index (κ2) is 67.1. The second-order valence-electron chi connectivity index (χ2n) is 22.8. The lowest BCUT2D eigenvalue weighted by molar-refractivity contribution is 0.475. The molecule has 0 saturated carbocycles. The Bertz CT molecular complexity index is 2280. The maximum Gasteiger partial charge on any atom is 0.115 e. The number of phenols is 1. The zero-order valence-electron chi connectivity index (χ0n) is 52.1. The third-order valence-electron chi connectivity index (χ3n) is 15.4. The van der Waals surface area contributed by atoms with Gasteiger partial charge in [0.25, 0.3) is 0 Å². The number of benzene rings is 5. The highest BCUT2D eigenvalue weighted by Crippen LogP contribution is 2.27. The van der Waals surface area contributed by atoms with Gasteiger partial charge in [0.05, 0.1) is 0 Å². The number of aromatic nitrogens is 2. The van der Waals surface area contributed by atoms with Crippen molar-refractivity contribution < 1.29 is 5.11 Å². The molecular weight excluding hydrogens is 1100 g/mol. The van der Waals surface area contributed by atoms with Crippen LogP contribution in [0.15, 0.2) is 182 Å². The molecule has 6 atom stereocenters. The van der Waals surface area contributed by atoms with E-state index in [2.05, 4.69) is 269 Å². The fourth-order valence-electron chi connectivity index (χ4n) is 7.63. The Morgan fingerprint density at radius 1 is 0.319 bits per heavy atom. The van der Waals surface area contributed by atoms with Crippen molar-refractivity contribution >= 4 is 0 Å². The third kappa shape index (κ3) is 49.5. The van der Waals surface area contributed by atoms with E-state index in [0.717, 1.165) is 12.8 Å². The molecule has 3 heteroatoms. The maximum absolute atomic E-state index is 9.01. The minimum absolute atomic E-state index is 0. The molecule has 7 aromatic rings. The fraction of sp³-hybridized carbons (Fsp3) is 0.545. The van der Waals surface area contributed by atoms with Gasteiger partial charge < -0.3 is 5.11 Å². The molecule has 7 rings (SSSR count). The van der Waals surface area contributed by atoms with Crippen molar-refractivity contribution in [3.63, 3.8) is 0 Å². The number of aryl methyl sites for hydroxylation is 1. The fourth-order valence-corrected chi connectivity index (χ4v) is 7.63. The minimum Gasteiger partial charge on any atom is -0.508 e. The molecule has 2 heterocycles. The molecule has 0 aliphatic carbocycles. The predicted octanol–water partition coefficient (Wildman–Crippen LogP) is 31.6. The summed E-state index contributed by atoms with van der Waals surface area (Å²) in [7, 11) is 0. The van der Waals surface area contributed by atoms with Gasteiger partial charge in [-0.2, -0.15) is 0 Å². The molecule has 5 aromatic carbocycles. The summed E-state index contributed by atoms with van der Waals surface area (Å²) in [5.74, 6) is 4.30. The first-order valence-corrected chi connectivity index (χ1v) is 29.5. The van der Waals surface area contributed by atoms with Crippen LogP contribution in [0.25, 0.3) is 0 Å². The van der Waals surface area contributed by atoms with Crippen molar-refractivity contribution in [2.45, 2.75) is 327 Å². The average Bonchev–Trinajstić information content (AvgIpc) is 2.40. The molecule has 0 aliphatic heterocycles. The maximum atomic E-state index is 9.01. The van der Waals surface area contributed by atoms with E-state index in [4.69, 9.17) is 5.11 Å². The SMILES string of the molecule is C.C.C.C.C.C.C.C.C.C.C.C.C.C.CCC(C)(C)c1ccccc1.CCC(C)c1ccc(C(C)(C)C)cc1.CCC(C)c1ccc(C)cc1.CCC(C)c1ccc(O)cc1.CCC(C)c1ccccc1.CCC(C)c1ccccn1.CCC(C)c1ccncc1. The van der Waals surface area contributed by atoms with E-state index in [1.165, 1.54) is 82.3 Å². The standard InChI is InChI=1S/C14H22.2C11H16.C10H14O.C10H14.2C9H13N.14CH4/c1-6-11(2)12-7-9-13(10-8-12)14(3,4)5;1-4-10(3)11-7-5-9(2)6-8-11;1-4-11(2,3)10-8-6-5-7-9-10;1-3-8(2)9-4-6-10(11)7-5-9;1-3-9(2)10-7-5-4-6-8-10;1-3-8(2)9-4-6-10-7-5-9;1-3-8(2)9-6-4-5-7-10-9;;;;;;;;;;;;;;/h7-11H,6H2,1-5H3;5-8,10H,4H2,1-3H3;5-9H,4H2,1-3H3;4-8,11H,3H2,1-2H3;4-9H,3H2,1-2H3;2*4-8H,3H2,1-2H3;14*1H4. The highest BCUT2D eigenvalue weighted by atomic mass is 16.3. The molecule has 0 radical (unpaired) electrons.